The largest absolute Gasteiger partial charge is 0.430 e. The molecule has 0 amide bonds. The lowest BCUT2D eigenvalue weighted by Gasteiger charge is -2.33. The van der Waals surface area contributed by atoms with Crippen molar-refractivity contribution in [3.8, 4) is 0 Å². The van der Waals surface area contributed by atoms with Gasteiger partial charge in [-0.1, -0.05) is 44.2 Å². The quantitative estimate of drug-likeness (QED) is 0.687. The Morgan fingerprint density at radius 3 is 1.79 bits per heavy atom. The molecule has 0 aliphatic heterocycles. The lowest BCUT2D eigenvalue weighted by atomic mass is 9.86. The van der Waals surface area contributed by atoms with E-state index in [1.54, 1.807) is 6.07 Å². The second-order valence-corrected chi connectivity index (χ2v) is 6.26. The minimum absolute atomic E-state index is 0.0242. The smallest absolute Gasteiger partial charge is 0.369 e. The molecule has 0 aromatic heterocycles. The first-order valence-corrected chi connectivity index (χ1v) is 7.33. The maximum Gasteiger partial charge on any atom is 0.430 e. The summed E-state index contributed by atoms with van der Waals surface area (Å²) in [6.07, 6.45) is -11.8. The Morgan fingerprint density at radius 1 is 0.792 bits per heavy atom. The number of hydrogen-bond acceptors (Lipinski definition) is 1. The second-order valence-electron chi connectivity index (χ2n) is 6.26. The minimum Gasteiger partial charge on any atom is -0.369 e. The molecule has 24 heavy (non-hydrogen) atoms. The van der Waals surface area contributed by atoms with Crippen molar-refractivity contribution in [2.24, 2.45) is 0 Å². The zero-order valence-electron chi connectivity index (χ0n) is 12.8. The predicted octanol–water partition coefficient (Wildman–Crippen LogP) is 5.37. The number of rotatable bonds is 1. The fourth-order valence-corrected chi connectivity index (χ4v) is 3.54. The SMILES string of the molecule is CC1c2cccc3c(C(O)(C(F)(F)F)C(F)(F)F)ccc(c23)C1C. The van der Waals surface area contributed by atoms with Crippen LogP contribution in [0.5, 0.6) is 0 Å². The first-order valence-electron chi connectivity index (χ1n) is 7.33. The van der Waals surface area contributed by atoms with E-state index in [1.165, 1.54) is 18.2 Å². The molecular formula is C17H14F6O. The van der Waals surface area contributed by atoms with Crippen LogP contribution in [0.4, 0.5) is 26.3 Å². The van der Waals surface area contributed by atoms with Crippen LogP contribution in [0, 0.1) is 0 Å². The molecule has 0 heterocycles. The van der Waals surface area contributed by atoms with Crippen molar-refractivity contribution >= 4 is 10.8 Å². The molecule has 0 fully saturated rings. The van der Waals surface area contributed by atoms with Crippen LogP contribution < -0.4 is 0 Å². The van der Waals surface area contributed by atoms with Gasteiger partial charge in [0.15, 0.2) is 0 Å². The molecule has 7 heteroatoms. The van der Waals surface area contributed by atoms with Crippen LogP contribution in [0.15, 0.2) is 30.3 Å². The van der Waals surface area contributed by atoms with Gasteiger partial charge in [0.25, 0.3) is 5.60 Å². The van der Waals surface area contributed by atoms with Crippen molar-refractivity contribution in [3.63, 3.8) is 0 Å². The molecule has 2 aromatic carbocycles. The molecule has 0 saturated carbocycles. The highest BCUT2D eigenvalue weighted by Crippen LogP contribution is 2.54. The van der Waals surface area contributed by atoms with Crippen molar-refractivity contribution < 1.29 is 31.4 Å². The molecule has 130 valence electrons. The van der Waals surface area contributed by atoms with E-state index in [0.717, 1.165) is 6.07 Å². The molecule has 0 radical (unpaired) electrons. The molecular weight excluding hydrogens is 334 g/mol. The third-order valence-corrected chi connectivity index (χ3v) is 5.05. The summed E-state index contributed by atoms with van der Waals surface area (Å²) in [6.45, 7) is 3.75. The first-order chi connectivity index (χ1) is 10.9. The van der Waals surface area contributed by atoms with Crippen molar-refractivity contribution in [2.75, 3.05) is 0 Å². The summed E-state index contributed by atoms with van der Waals surface area (Å²) < 4.78 is 79.3. The fourth-order valence-electron chi connectivity index (χ4n) is 3.54. The molecule has 2 aromatic rings. The van der Waals surface area contributed by atoms with Crippen LogP contribution >= 0.6 is 0 Å². The minimum atomic E-state index is -5.89. The van der Waals surface area contributed by atoms with Crippen LogP contribution in [-0.4, -0.2) is 17.5 Å². The molecule has 0 bridgehead atoms. The van der Waals surface area contributed by atoms with E-state index in [9.17, 15) is 31.4 Å². The van der Waals surface area contributed by atoms with Crippen LogP contribution in [0.25, 0.3) is 10.8 Å². The Kier molecular flexibility index (Phi) is 3.47. The van der Waals surface area contributed by atoms with E-state index in [4.69, 9.17) is 0 Å². The van der Waals surface area contributed by atoms with Crippen molar-refractivity contribution in [1.29, 1.82) is 0 Å². The standard InChI is InChI=1S/C17H14F6O/c1-8-9(2)11-6-7-13(12-5-3-4-10(8)14(11)12)15(24,16(18,19)20)17(21,22)23/h3-9,24H,1-2H3. The fraction of sp³-hybridized carbons (Fsp3) is 0.412. The maximum atomic E-state index is 13.2. The zero-order chi connectivity index (χ0) is 18.1. The van der Waals surface area contributed by atoms with E-state index >= 15 is 0 Å². The Morgan fingerprint density at radius 2 is 1.29 bits per heavy atom. The Labute approximate surface area is 133 Å². The molecule has 1 N–H and O–H groups in total. The highest BCUT2D eigenvalue weighted by molar-refractivity contribution is 5.95. The van der Waals surface area contributed by atoms with Gasteiger partial charge in [-0.05, 0) is 33.7 Å². The van der Waals surface area contributed by atoms with Crippen molar-refractivity contribution in [1.82, 2.24) is 0 Å². The summed E-state index contributed by atoms with van der Waals surface area (Å²) in [4.78, 5) is 0. The van der Waals surface area contributed by atoms with Gasteiger partial charge in [0.1, 0.15) is 0 Å². The van der Waals surface area contributed by atoms with Gasteiger partial charge in [0, 0.05) is 5.56 Å². The van der Waals surface area contributed by atoms with E-state index in [2.05, 4.69) is 0 Å². The van der Waals surface area contributed by atoms with Gasteiger partial charge in [-0.3, -0.25) is 0 Å². The van der Waals surface area contributed by atoms with Crippen LogP contribution in [0.1, 0.15) is 42.4 Å². The summed E-state index contributed by atoms with van der Waals surface area (Å²) in [5.41, 5.74) is -4.69. The molecule has 1 nitrogen and oxygen atoms in total. The van der Waals surface area contributed by atoms with Crippen molar-refractivity contribution in [2.45, 2.75) is 43.6 Å². The average molecular weight is 348 g/mol. The summed E-state index contributed by atoms with van der Waals surface area (Å²) in [5, 5.41) is 9.90. The van der Waals surface area contributed by atoms with Gasteiger partial charge in [-0.2, -0.15) is 26.3 Å². The highest BCUT2D eigenvalue weighted by atomic mass is 19.4. The number of aliphatic hydroxyl groups is 1. The maximum absolute atomic E-state index is 13.2. The van der Waals surface area contributed by atoms with E-state index in [0.29, 0.717) is 16.5 Å². The van der Waals surface area contributed by atoms with E-state index in [-0.39, 0.29) is 17.2 Å². The summed E-state index contributed by atoms with van der Waals surface area (Å²) in [6, 6.07) is 6.33. The number of benzene rings is 2. The van der Waals surface area contributed by atoms with Crippen LogP contribution in [0.2, 0.25) is 0 Å². The van der Waals surface area contributed by atoms with Crippen molar-refractivity contribution in [3.05, 3.63) is 47.0 Å². The topological polar surface area (TPSA) is 20.2 Å². The summed E-state index contributed by atoms with van der Waals surface area (Å²) in [5.74, 6) is -0.0485. The van der Waals surface area contributed by atoms with Gasteiger partial charge in [0.05, 0.1) is 0 Å². The number of hydrogen-bond donors (Lipinski definition) is 1. The normalized spacial score (nSPS) is 21.5. The molecule has 3 rings (SSSR count). The summed E-state index contributed by atoms with van der Waals surface area (Å²) >= 11 is 0. The van der Waals surface area contributed by atoms with Gasteiger partial charge in [-0.15, -0.1) is 0 Å². The molecule has 0 saturated heterocycles. The van der Waals surface area contributed by atoms with Gasteiger partial charge >= 0.3 is 12.4 Å². The van der Waals surface area contributed by atoms with Crippen LogP contribution in [0.3, 0.4) is 0 Å². The number of halogens is 6. The Hall–Kier alpha value is -1.76. The van der Waals surface area contributed by atoms with E-state index in [1.807, 2.05) is 13.8 Å². The summed E-state index contributed by atoms with van der Waals surface area (Å²) in [7, 11) is 0. The lowest BCUT2D eigenvalue weighted by Crippen LogP contribution is -2.54. The van der Waals surface area contributed by atoms with E-state index < -0.39 is 23.5 Å². The Bertz CT molecular complexity index is 777. The lowest BCUT2D eigenvalue weighted by molar-refractivity contribution is -0.375. The Balaban J connectivity index is 2.41. The highest BCUT2D eigenvalue weighted by Gasteiger charge is 2.71. The third-order valence-electron chi connectivity index (χ3n) is 5.05. The average Bonchev–Trinajstić information content (AvgIpc) is 2.72. The molecule has 1 aliphatic rings. The number of alkyl halides is 6. The molecule has 1 aliphatic carbocycles. The monoisotopic (exact) mass is 348 g/mol. The zero-order valence-corrected chi connectivity index (χ0v) is 12.8. The second kappa shape index (κ2) is 4.88. The van der Waals surface area contributed by atoms with Gasteiger partial charge in [0.2, 0.25) is 0 Å². The molecule has 0 spiro atoms. The predicted molar refractivity (Wildman–Crippen MR) is 76.8 cm³/mol. The van der Waals surface area contributed by atoms with Gasteiger partial charge in [-0.25, -0.2) is 0 Å². The third kappa shape index (κ3) is 2.00. The molecule has 2 atom stereocenters. The first kappa shape index (κ1) is 17.1. The van der Waals surface area contributed by atoms with Crippen LogP contribution in [-0.2, 0) is 5.60 Å². The van der Waals surface area contributed by atoms with Gasteiger partial charge < -0.3 is 5.11 Å². The molecule has 2 unspecified atom stereocenters.